The predicted octanol–water partition coefficient (Wildman–Crippen LogP) is 3.85. The van der Waals surface area contributed by atoms with Gasteiger partial charge in [-0.25, -0.2) is 0 Å². The molecule has 0 saturated heterocycles. The van der Waals surface area contributed by atoms with Crippen molar-refractivity contribution in [2.45, 2.75) is 0 Å². The summed E-state index contributed by atoms with van der Waals surface area (Å²) in [4.78, 5) is 22.5. The Balaban J connectivity index is 2.39. The molecule has 0 heterocycles. The Hall–Kier alpha value is -2.12. The first-order valence-electron chi connectivity index (χ1n) is 5.69. The van der Waals surface area contributed by atoms with Crippen molar-refractivity contribution in [2.75, 3.05) is 11.1 Å². The number of anilines is 2. The lowest BCUT2D eigenvalue weighted by Gasteiger charge is -2.08. The van der Waals surface area contributed by atoms with Crippen LogP contribution in [-0.2, 0) is 0 Å². The minimum atomic E-state index is -0.642. The smallest absolute Gasteiger partial charge is 0.282 e. The van der Waals surface area contributed by atoms with Crippen LogP contribution in [0.1, 0.15) is 10.4 Å². The van der Waals surface area contributed by atoms with E-state index >= 15 is 0 Å². The molecular weight excluding hydrogens is 362 g/mol. The fraction of sp³-hybridized carbons (Fsp3) is 0. The van der Waals surface area contributed by atoms with Gasteiger partial charge < -0.3 is 11.1 Å². The molecule has 0 spiro atoms. The third-order valence-electron chi connectivity index (χ3n) is 2.64. The Morgan fingerprint density at radius 3 is 2.67 bits per heavy atom. The van der Waals surface area contributed by atoms with Gasteiger partial charge in [0.25, 0.3) is 11.6 Å². The van der Waals surface area contributed by atoms with Crippen molar-refractivity contribution in [3.63, 3.8) is 0 Å². The lowest BCUT2D eigenvalue weighted by molar-refractivity contribution is -0.385. The standard InChI is InChI=1S/C13H9BrClN3O3/c14-10-3-1-7(15)5-11(10)17-13(19)9-6-8(16)2-4-12(9)18(20)21/h1-6H,16H2,(H,17,19). The minimum Gasteiger partial charge on any atom is -0.399 e. The molecule has 0 atom stereocenters. The largest absolute Gasteiger partial charge is 0.399 e. The van der Waals surface area contributed by atoms with Gasteiger partial charge in [-0.1, -0.05) is 11.6 Å². The van der Waals surface area contributed by atoms with E-state index in [1.165, 1.54) is 24.3 Å². The van der Waals surface area contributed by atoms with E-state index in [2.05, 4.69) is 21.2 Å². The number of hydrogen-bond donors (Lipinski definition) is 2. The molecule has 3 N–H and O–H groups in total. The van der Waals surface area contributed by atoms with Crippen LogP contribution in [0.2, 0.25) is 5.02 Å². The van der Waals surface area contributed by atoms with Gasteiger partial charge in [-0.05, 0) is 46.3 Å². The Kier molecular flexibility index (Phi) is 4.44. The van der Waals surface area contributed by atoms with Gasteiger partial charge >= 0.3 is 0 Å². The van der Waals surface area contributed by atoms with Gasteiger partial charge in [-0.2, -0.15) is 0 Å². The fourth-order valence-electron chi connectivity index (χ4n) is 1.68. The average Bonchev–Trinajstić information content (AvgIpc) is 2.42. The number of rotatable bonds is 3. The Morgan fingerprint density at radius 2 is 2.00 bits per heavy atom. The number of benzene rings is 2. The zero-order chi connectivity index (χ0) is 15.6. The van der Waals surface area contributed by atoms with Crippen molar-refractivity contribution < 1.29 is 9.72 Å². The molecular formula is C13H9BrClN3O3. The van der Waals surface area contributed by atoms with Crippen LogP contribution >= 0.6 is 27.5 Å². The number of nitro benzene ring substituents is 1. The number of nitrogens with two attached hydrogens (primary N) is 1. The highest BCUT2D eigenvalue weighted by atomic mass is 79.9. The molecule has 6 nitrogen and oxygen atoms in total. The molecule has 1 amide bonds. The van der Waals surface area contributed by atoms with Crippen molar-refractivity contribution in [2.24, 2.45) is 0 Å². The quantitative estimate of drug-likeness (QED) is 0.487. The number of hydrogen-bond acceptors (Lipinski definition) is 4. The number of nitro groups is 1. The molecule has 2 rings (SSSR count). The van der Waals surface area contributed by atoms with Crippen LogP contribution < -0.4 is 11.1 Å². The maximum absolute atomic E-state index is 12.2. The predicted molar refractivity (Wildman–Crippen MR) is 84.6 cm³/mol. The summed E-state index contributed by atoms with van der Waals surface area (Å²) in [5.74, 6) is -0.642. The van der Waals surface area contributed by atoms with Gasteiger partial charge in [0, 0.05) is 21.2 Å². The molecule has 21 heavy (non-hydrogen) atoms. The van der Waals surface area contributed by atoms with Gasteiger partial charge in [-0.3, -0.25) is 14.9 Å². The number of nitrogen functional groups attached to an aromatic ring is 1. The molecule has 0 aliphatic rings. The maximum atomic E-state index is 12.2. The van der Waals surface area contributed by atoms with Crippen LogP contribution in [0.5, 0.6) is 0 Å². The molecule has 2 aromatic rings. The highest BCUT2D eigenvalue weighted by molar-refractivity contribution is 9.10. The molecule has 0 aliphatic carbocycles. The Labute approximate surface area is 133 Å². The van der Waals surface area contributed by atoms with Crippen LogP contribution in [0.15, 0.2) is 40.9 Å². The van der Waals surface area contributed by atoms with E-state index in [0.29, 0.717) is 15.2 Å². The van der Waals surface area contributed by atoms with Gasteiger partial charge in [0.1, 0.15) is 5.56 Å². The maximum Gasteiger partial charge on any atom is 0.282 e. The Morgan fingerprint density at radius 1 is 1.29 bits per heavy atom. The minimum absolute atomic E-state index is 0.119. The van der Waals surface area contributed by atoms with Crippen LogP contribution in [0.25, 0.3) is 0 Å². The summed E-state index contributed by atoms with van der Waals surface area (Å²) in [6, 6.07) is 8.64. The monoisotopic (exact) mass is 369 g/mol. The van der Waals surface area contributed by atoms with Gasteiger partial charge in [0.2, 0.25) is 0 Å². The molecule has 108 valence electrons. The summed E-state index contributed by atoms with van der Waals surface area (Å²) in [6.07, 6.45) is 0. The van der Waals surface area contributed by atoms with E-state index in [1.807, 2.05) is 0 Å². The lowest BCUT2D eigenvalue weighted by Crippen LogP contribution is -2.14. The number of carbonyl (C=O) groups excluding carboxylic acids is 1. The molecule has 0 unspecified atom stereocenters. The normalized spacial score (nSPS) is 10.2. The lowest BCUT2D eigenvalue weighted by atomic mass is 10.1. The van der Waals surface area contributed by atoms with E-state index < -0.39 is 10.8 Å². The van der Waals surface area contributed by atoms with E-state index in [0.717, 1.165) is 0 Å². The first kappa shape index (κ1) is 15.3. The van der Waals surface area contributed by atoms with Crippen molar-refractivity contribution in [3.8, 4) is 0 Å². The summed E-state index contributed by atoms with van der Waals surface area (Å²) >= 11 is 9.11. The Bertz CT molecular complexity index is 737. The summed E-state index contributed by atoms with van der Waals surface area (Å²) in [6.45, 7) is 0. The molecule has 2 aromatic carbocycles. The molecule has 0 saturated carbocycles. The first-order valence-corrected chi connectivity index (χ1v) is 6.86. The fourth-order valence-corrected chi connectivity index (χ4v) is 2.20. The molecule has 0 fully saturated rings. The van der Waals surface area contributed by atoms with E-state index in [-0.39, 0.29) is 16.9 Å². The number of halogens is 2. The van der Waals surface area contributed by atoms with E-state index in [9.17, 15) is 14.9 Å². The van der Waals surface area contributed by atoms with Crippen molar-refractivity contribution in [3.05, 3.63) is 61.6 Å². The zero-order valence-corrected chi connectivity index (χ0v) is 12.8. The third kappa shape index (κ3) is 3.50. The molecule has 0 aromatic heterocycles. The number of amides is 1. The van der Waals surface area contributed by atoms with E-state index in [1.54, 1.807) is 12.1 Å². The molecule has 8 heteroatoms. The molecule has 0 radical (unpaired) electrons. The number of nitrogens with one attached hydrogen (secondary N) is 1. The first-order chi connectivity index (χ1) is 9.88. The number of nitrogens with zero attached hydrogens (tertiary/aromatic N) is 1. The topological polar surface area (TPSA) is 98.3 Å². The molecule has 0 aliphatic heterocycles. The van der Waals surface area contributed by atoms with Crippen molar-refractivity contribution in [1.82, 2.24) is 0 Å². The highest BCUT2D eigenvalue weighted by Gasteiger charge is 2.21. The van der Waals surface area contributed by atoms with Crippen molar-refractivity contribution >= 4 is 50.5 Å². The second kappa shape index (κ2) is 6.11. The number of carbonyl (C=O) groups is 1. The van der Waals surface area contributed by atoms with Crippen LogP contribution in [0.3, 0.4) is 0 Å². The second-order valence-electron chi connectivity index (χ2n) is 4.11. The zero-order valence-electron chi connectivity index (χ0n) is 10.5. The summed E-state index contributed by atoms with van der Waals surface area (Å²) < 4.78 is 0.604. The van der Waals surface area contributed by atoms with Crippen LogP contribution in [-0.4, -0.2) is 10.8 Å². The summed E-state index contributed by atoms with van der Waals surface area (Å²) in [5, 5.41) is 14.0. The van der Waals surface area contributed by atoms with Gasteiger partial charge in [0.15, 0.2) is 0 Å². The third-order valence-corrected chi connectivity index (χ3v) is 3.57. The average molecular weight is 371 g/mol. The van der Waals surface area contributed by atoms with Crippen molar-refractivity contribution in [1.29, 1.82) is 0 Å². The van der Waals surface area contributed by atoms with Gasteiger partial charge in [0.05, 0.1) is 10.6 Å². The van der Waals surface area contributed by atoms with Crippen LogP contribution in [0.4, 0.5) is 17.1 Å². The van der Waals surface area contributed by atoms with E-state index in [4.69, 9.17) is 17.3 Å². The summed E-state index contributed by atoms with van der Waals surface area (Å²) in [5.41, 5.74) is 5.81. The highest BCUT2D eigenvalue weighted by Crippen LogP contribution is 2.28. The second-order valence-corrected chi connectivity index (χ2v) is 5.40. The van der Waals surface area contributed by atoms with Crippen LogP contribution in [0, 0.1) is 10.1 Å². The molecule has 0 bridgehead atoms. The SMILES string of the molecule is Nc1ccc([N+](=O)[O-])c(C(=O)Nc2cc(Cl)ccc2Br)c1. The van der Waals surface area contributed by atoms with Gasteiger partial charge in [-0.15, -0.1) is 0 Å². The summed E-state index contributed by atoms with van der Waals surface area (Å²) in [7, 11) is 0.